The Kier molecular flexibility index (Phi) is 5.90. The van der Waals surface area contributed by atoms with Gasteiger partial charge in [0.1, 0.15) is 0 Å². The largest absolute Gasteiger partial charge is 0.465 e. The molecule has 28 heavy (non-hydrogen) atoms. The van der Waals surface area contributed by atoms with E-state index in [1.54, 1.807) is 44.2 Å². The number of fused-ring (bicyclic) bond motifs is 2. The van der Waals surface area contributed by atoms with Crippen molar-refractivity contribution in [3.05, 3.63) is 63.4 Å². The van der Waals surface area contributed by atoms with Crippen LogP contribution < -0.4 is 5.43 Å². The quantitative estimate of drug-likeness (QED) is 0.481. The minimum absolute atomic E-state index is 0.124. The fourth-order valence-electron chi connectivity index (χ4n) is 2.99. The van der Waals surface area contributed by atoms with Gasteiger partial charge in [0.25, 0.3) is 0 Å². The number of nitrogens with zero attached hydrogens (tertiary/aromatic N) is 1. The Hall–Kier alpha value is -2.99. The standard InChI is InChI=1S/C21H18ClNO5/c1-3-27-20(25)18(21(26)28-4-2)13-6-5-12-7-8-17-16(10-14(22)11-23-17)19(24)15(12)9-13/h5-11,18H,3-4H2,1-2H3. The lowest BCUT2D eigenvalue weighted by molar-refractivity contribution is -0.156. The number of ether oxygens (including phenoxy) is 2. The van der Waals surface area contributed by atoms with Crippen molar-refractivity contribution >= 4 is 45.2 Å². The van der Waals surface area contributed by atoms with Gasteiger partial charge in [-0.1, -0.05) is 29.8 Å². The van der Waals surface area contributed by atoms with Crippen molar-refractivity contribution in [1.29, 1.82) is 0 Å². The molecule has 0 spiro atoms. The summed E-state index contributed by atoms with van der Waals surface area (Å²) in [4.78, 5) is 42.0. The van der Waals surface area contributed by atoms with E-state index in [2.05, 4.69) is 4.98 Å². The second-order valence-electron chi connectivity index (χ2n) is 6.03. The maximum absolute atomic E-state index is 13.1. The fraction of sp³-hybridized carbons (Fsp3) is 0.238. The third-order valence-electron chi connectivity index (χ3n) is 4.25. The molecular formula is C21H18ClNO5. The zero-order valence-corrected chi connectivity index (χ0v) is 16.2. The van der Waals surface area contributed by atoms with Crippen LogP contribution in [0.2, 0.25) is 5.02 Å². The highest BCUT2D eigenvalue weighted by Gasteiger charge is 2.31. The van der Waals surface area contributed by atoms with Crippen molar-refractivity contribution in [1.82, 2.24) is 4.98 Å². The van der Waals surface area contributed by atoms with Gasteiger partial charge < -0.3 is 9.47 Å². The van der Waals surface area contributed by atoms with Crippen LogP contribution in [0.5, 0.6) is 0 Å². The Morgan fingerprint density at radius 1 is 1.00 bits per heavy atom. The monoisotopic (exact) mass is 399 g/mol. The fourth-order valence-corrected chi connectivity index (χ4v) is 3.15. The van der Waals surface area contributed by atoms with Gasteiger partial charge in [0.05, 0.1) is 23.8 Å². The minimum atomic E-state index is -1.26. The summed E-state index contributed by atoms with van der Waals surface area (Å²) >= 11 is 6.00. The van der Waals surface area contributed by atoms with Gasteiger partial charge in [0.2, 0.25) is 0 Å². The van der Waals surface area contributed by atoms with E-state index in [1.807, 2.05) is 0 Å². The second kappa shape index (κ2) is 8.35. The minimum Gasteiger partial charge on any atom is -0.465 e. The molecule has 0 radical (unpaired) electrons. The van der Waals surface area contributed by atoms with E-state index < -0.39 is 17.9 Å². The number of pyridine rings is 1. The molecule has 0 N–H and O–H groups in total. The molecular weight excluding hydrogens is 382 g/mol. The summed E-state index contributed by atoms with van der Waals surface area (Å²) in [7, 11) is 0. The summed E-state index contributed by atoms with van der Waals surface area (Å²) in [6.07, 6.45) is 1.47. The molecule has 0 saturated carbocycles. The summed E-state index contributed by atoms with van der Waals surface area (Å²) in [5.74, 6) is -2.70. The van der Waals surface area contributed by atoms with Gasteiger partial charge in [0.15, 0.2) is 11.3 Å². The molecule has 7 heteroatoms. The maximum Gasteiger partial charge on any atom is 0.324 e. The van der Waals surface area contributed by atoms with Crippen molar-refractivity contribution in [2.75, 3.05) is 13.2 Å². The Morgan fingerprint density at radius 3 is 2.29 bits per heavy atom. The SMILES string of the molecule is CCOC(=O)C(C(=O)OCC)c1ccc2ccc3ncc(Cl)cc3c(=O)c2c1. The molecule has 0 aliphatic rings. The summed E-state index contributed by atoms with van der Waals surface area (Å²) in [6, 6.07) is 9.85. The molecule has 0 saturated heterocycles. The van der Waals surface area contributed by atoms with E-state index in [9.17, 15) is 14.4 Å². The van der Waals surface area contributed by atoms with Crippen LogP contribution in [0.1, 0.15) is 25.3 Å². The predicted molar refractivity (Wildman–Crippen MR) is 107 cm³/mol. The van der Waals surface area contributed by atoms with Crippen LogP contribution in [0.4, 0.5) is 0 Å². The topological polar surface area (TPSA) is 82.6 Å². The molecule has 0 fully saturated rings. The summed E-state index contributed by atoms with van der Waals surface area (Å²) in [5.41, 5.74) is 0.536. The summed E-state index contributed by atoms with van der Waals surface area (Å²) in [5, 5.41) is 1.68. The Morgan fingerprint density at radius 2 is 1.64 bits per heavy atom. The van der Waals surface area contributed by atoms with Gasteiger partial charge in [-0.2, -0.15) is 0 Å². The molecule has 3 aromatic rings. The third kappa shape index (κ3) is 3.82. The first-order valence-electron chi connectivity index (χ1n) is 8.81. The third-order valence-corrected chi connectivity index (χ3v) is 4.46. The number of rotatable bonds is 5. The van der Waals surface area contributed by atoms with E-state index in [4.69, 9.17) is 21.1 Å². The lowest BCUT2D eigenvalue weighted by Crippen LogP contribution is -2.26. The zero-order chi connectivity index (χ0) is 20.3. The number of carbonyl (C=O) groups is 2. The highest BCUT2D eigenvalue weighted by molar-refractivity contribution is 6.31. The molecule has 144 valence electrons. The molecule has 1 heterocycles. The van der Waals surface area contributed by atoms with Gasteiger partial charge in [0, 0.05) is 17.0 Å². The van der Waals surface area contributed by atoms with E-state index in [0.29, 0.717) is 32.3 Å². The van der Waals surface area contributed by atoms with Crippen molar-refractivity contribution in [3.63, 3.8) is 0 Å². The molecule has 6 nitrogen and oxygen atoms in total. The predicted octanol–water partition coefficient (Wildman–Crippen LogP) is 3.61. The molecule has 0 bridgehead atoms. The first kappa shape index (κ1) is 19.8. The number of halogens is 1. The van der Waals surface area contributed by atoms with Gasteiger partial charge in [-0.05, 0) is 43.0 Å². The lowest BCUT2D eigenvalue weighted by atomic mass is 9.96. The second-order valence-corrected chi connectivity index (χ2v) is 6.47. The van der Waals surface area contributed by atoms with Crippen molar-refractivity contribution in [3.8, 4) is 0 Å². The summed E-state index contributed by atoms with van der Waals surface area (Å²) < 4.78 is 10.1. The highest BCUT2D eigenvalue weighted by Crippen LogP contribution is 2.24. The molecule has 0 aliphatic carbocycles. The molecule has 0 aliphatic heterocycles. The van der Waals surface area contributed by atoms with Crippen LogP contribution in [-0.4, -0.2) is 30.1 Å². The Labute approximate surface area is 166 Å². The number of esters is 2. The van der Waals surface area contributed by atoms with E-state index >= 15 is 0 Å². The smallest absolute Gasteiger partial charge is 0.324 e. The first-order chi connectivity index (χ1) is 13.5. The van der Waals surface area contributed by atoms with E-state index in [1.165, 1.54) is 12.3 Å². The van der Waals surface area contributed by atoms with Crippen LogP contribution in [0, 0.1) is 0 Å². The molecule has 0 atom stereocenters. The Bertz CT molecular complexity index is 1110. The molecule has 0 unspecified atom stereocenters. The van der Waals surface area contributed by atoms with Crippen LogP contribution in [0.25, 0.3) is 21.7 Å². The van der Waals surface area contributed by atoms with Gasteiger partial charge in [-0.3, -0.25) is 19.4 Å². The van der Waals surface area contributed by atoms with Crippen LogP contribution >= 0.6 is 11.6 Å². The van der Waals surface area contributed by atoms with E-state index in [-0.39, 0.29) is 18.6 Å². The highest BCUT2D eigenvalue weighted by atomic mass is 35.5. The van der Waals surface area contributed by atoms with Crippen molar-refractivity contribution in [2.24, 2.45) is 0 Å². The zero-order valence-electron chi connectivity index (χ0n) is 15.4. The number of hydrogen-bond donors (Lipinski definition) is 0. The molecule has 2 aromatic carbocycles. The van der Waals surface area contributed by atoms with Crippen LogP contribution in [0.3, 0.4) is 0 Å². The van der Waals surface area contributed by atoms with Crippen molar-refractivity contribution < 1.29 is 19.1 Å². The van der Waals surface area contributed by atoms with Crippen molar-refractivity contribution in [2.45, 2.75) is 19.8 Å². The number of carbonyl (C=O) groups excluding carboxylic acids is 2. The molecule has 3 rings (SSSR count). The maximum atomic E-state index is 13.1. The Balaban J connectivity index is 2.25. The van der Waals surface area contributed by atoms with E-state index in [0.717, 1.165) is 0 Å². The number of aromatic nitrogens is 1. The molecule has 1 aromatic heterocycles. The summed E-state index contributed by atoms with van der Waals surface area (Å²) in [6.45, 7) is 3.55. The number of benzene rings is 1. The van der Waals surface area contributed by atoms with Gasteiger partial charge in [-0.15, -0.1) is 0 Å². The van der Waals surface area contributed by atoms with Crippen LogP contribution in [-0.2, 0) is 19.1 Å². The van der Waals surface area contributed by atoms with Gasteiger partial charge in [-0.25, -0.2) is 0 Å². The molecule has 0 amide bonds. The number of hydrogen-bond acceptors (Lipinski definition) is 6. The van der Waals surface area contributed by atoms with Crippen LogP contribution in [0.15, 0.2) is 47.4 Å². The first-order valence-corrected chi connectivity index (χ1v) is 9.19. The lowest BCUT2D eigenvalue weighted by Gasteiger charge is -2.15. The average Bonchev–Trinajstić information content (AvgIpc) is 2.80. The van der Waals surface area contributed by atoms with Gasteiger partial charge >= 0.3 is 11.9 Å². The average molecular weight is 400 g/mol. The normalized spacial score (nSPS) is 11.0.